The smallest absolute Gasteiger partial charge is 0.140 e. The predicted molar refractivity (Wildman–Crippen MR) is 130 cm³/mol. The highest BCUT2D eigenvalue weighted by atomic mass is 32.2. The van der Waals surface area contributed by atoms with Crippen molar-refractivity contribution in [2.45, 2.75) is 29.6 Å². The third-order valence-corrected chi connectivity index (χ3v) is 7.67. The molecule has 1 fully saturated rings. The first-order chi connectivity index (χ1) is 16.0. The van der Waals surface area contributed by atoms with Crippen LogP contribution in [0.3, 0.4) is 0 Å². The predicted octanol–water partition coefficient (Wildman–Crippen LogP) is 5.79. The summed E-state index contributed by atoms with van der Waals surface area (Å²) in [5.74, 6) is 2.87. The van der Waals surface area contributed by atoms with Gasteiger partial charge in [0.05, 0.1) is 10.1 Å². The number of likely N-dealkylation sites (tertiary alicyclic amines) is 1. The molecule has 3 aromatic rings. The van der Waals surface area contributed by atoms with Crippen molar-refractivity contribution in [1.82, 2.24) is 4.90 Å². The summed E-state index contributed by atoms with van der Waals surface area (Å²) in [4.78, 5) is 3.37. The van der Waals surface area contributed by atoms with Gasteiger partial charge in [0, 0.05) is 13.1 Å². The highest BCUT2D eigenvalue weighted by Gasteiger charge is 2.33. The van der Waals surface area contributed by atoms with Gasteiger partial charge in [-0.2, -0.15) is 0 Å². The zero-order valence-electron chi connectivity index (χ0n) is 18.7. The van der Waals surface area contributed by atoms with Gasteiger partial charge in [-0.05, 0) is 72.5 Å². The molecule has 3 aromatic carbocycles. The second-order valence-electron chi connectivity index (χ2n) is 8.91. The molecule has 0 bridgehead atoms. The second-order valence-corrected chi connectivity index (χ2v) is 10.1. The Morgan fingerprint density at radius 1 is 0.970 bits per heavy atom. The average molecular weight is 464 g/mol. The lowest BCUT2D eigenvalue weighted by Crippen LogP contribution is -2.25. The monoisotopic (exact) mass is 463 g/mol. The van der Waals surface area contributed by atoms with Gasteiger partial charge in [0.15, 0.2) is 0 Å². The summed E-state index contributed by atoms with van der Waals surface area (Å²) in [5, 5.41) is 19.6. The lowest BCUT2D eigenvalue weighted by Gasteiger charge is -2.34. The van der Waals surface area contributed by atoms with E-state index in [-0.39, 0.29) is 22.9 Å². The number of phenols is 2. The second kappa shape index (κ2) is 9.57. The molecule has 172 valence electrons. The Bertz CT molecular complexity index is 1090. The van der Waals surface area contributed by atoms with Gasteiger partial charge in [0.1, 0.15) is 35.7 Å². The number of rotatable bonds is 6. The molecule has 5 nitrogen and oxygen atoms in total. The van der Waals surface area contributed by atoms with E-state index in [0.29, 0.717) is 6.61 Å². The van der Waals surface area contributed by atoms with Gasteiger partial charge in [-0.1, -0.05) is 31.2 Å². The van der Waals surface area contributed by atoms with E-state index in [0.717, 1.165) is 53.1 Å². The third-order valence-electron chi connectivity index (χ3n) is 6.32. The van der Waals surface area contributed by atoms with Crippen molar-refractivity contribution in [3.05, 3.63) is 77.9 Å². The van der Waals surface area contributed by atoms with Crippen molar-refractivity contribution in [3.63, 3.8) is 0 Å². The normalized spacial score (nSPS) is 22.5. The molecule has 0 spiro atoms. The molecule has 33 heavy (non-hydrogen) atoms. The van der Waals surface area contributed by atoms with Crippen molar-refractivity contribution in [3.8, 4) is 23.0 Å². The summed E-state index contributed by atoms with van der Waals surface area (Å²) in [5.41, 5.74) is 2.11. The van der Waals surface area contributed by atoms with Crippen LogP contribution in [0.1, 0.15) is 35.8 Å². The molecular weight excluding hydrogens is 434 g/mol. The summed E-state index contributed by atoms with van der Waals surface area (Å²) in [7, 11) is 0. The molecule has 2 aliphatic rings. The Kier molecular flexibility index (Phi) is 6.38. The molecule has 0 saturated carbocycles. The Morgan fingerprint density at radius 2 is 1.70 bits per heavy atom. The minimum atomic E-state index is -0.211. The minimum Gasteiger partial charge on any atom is -0.508 e. The van der Waals surface area contributed by atoms with Gasteiger partial charge in [-0.3, -0.25) is 4.90 Å². The number of fused-ring (bicyclic) bond motifs is 1. The van der Waals surface area contributed by atoms with Gasteiger partial charge in [0.2, 0.25) is 0 Å². The van der Waals surface area contributed by atoms with E-state index in [1.165, 1.54) is 6.42 Å². The first-order valence-electron chi connectivity index (χ1n) is 11.5. The number of nitrogens with zero attached hydrogens (tertiary/aromatic N) is 1. The maximum atomic E-state index is 9.93. The number of benzene rings is 3. The molecule has 0 amide bonds. The van der Waals surface area contributed by atoms with E-state index in [2.05, 4.69) is 24.0 Å². The lowest BCUT2D eigenvalue weighted by molar-refractivity contribution is 0.190. The molecule has 3 atom stereocenters. The Hall–Kier alpha value is -2.83. The molecular formula is C27H29NO4S. The van der Waals surface area contributed by atoms with Crippen LogP contribution >= 0.6 is 11.8 Å². The lowest BCUT2D eigenvalue weighted by atomic mass is 10.00. The van der Waals surface area contributed by atoms with Crippen LogP contribution in [0.5, 0.6) is 23.0 Å². The van der Waals surface area contributed by atoms with Gasteiger partial charge in [-0.25, -0.2) is 0 Å². The maximum absolute atomic E-state index is 9.93. The van der Waals surface area contributed by atoms with Crippen LogP contribution < -0.4 is 9.47 Å². The highest BCUT2D eigenvalue weighted by Crippen LogP contribution is 2.54. The molecule has 1 unspecified atom stereocenters. The first kappa shape index (κ1) is 22.0. The fourth-order valence-electron chi connectivity index (χ4n) is 4.51. The van der Waals surface area contributed by atoms with Gasteiger partial charge < -0.3 is 19.7 Å². The third kappa shape index (κ3) is 5.07. The van der Waals surface area contributed by atoms with E-state index in [9.17, 15) is 10.2 Å². The fourth-order valence-corrected chi connectivity index (χ4v) is 5.83. The number of aromatic hydroxyl groups is 2. The Labute approximate surface area is 199 Å². The molecule has 0 aliphatic carbocycles. The first-order valence-corrected chi connectivity index (χ1v) is 12.3. The largest absolute Gasteiger partial charge is 0.508 e. The van der Waals surface area contributed by atoms with Crippen molar-refractivity contribution in [2.24, 2.45) is 5.92 Å². The van der Waals surface area contributed by atoms with Crippen LogP contribution in [0.4, 0.5) is 0 Å². The summed E-state index contributed by atoms with van der Waals surface area (Å²) >= 11 is 1.66. The SMILES string of the molecule is CC1CCN(CCOc2ccc([C@@H]3Oc4ccc(O)cc4S[C@@H]3c3ccc(O)cc3)cc2)C1. The van der Waals surface area contributed by atoms with Crippen molar-refractivity contribution < 1.29 is 19.7 Å². The quantitative estimate of drug-likeness (QED) is 0.483. The zero-order chi connectivity index (χ0) is 22.8. The van der Waals surface area contributed by atoms with E-state index in [4.69, 9.17) is 9.47 Å². The number of ether oxygens (including phenoxy) is 2. The molecule has 5 rings (SSSR count). The van der Waals surface area contributed by atoms with Crippen LogP contribution in [0.15, 0.2) is 71.6 Å². The highest BCUT2D eigenvalue weighted by molar-refractivity contribution is 7.99. The van der Waals surface area contributed by atoms with E-state index in [1.807, 2.05) is 30.3 Å². The Morgan fingerprint density at radius 3 is 2.42 bits per heavy atom. The van der Waals surface area contributed by atoms with E-state index < -0.39 is 0 Å². The topological polar surface area (TPSA) is 62.2 Å². The number of phenolic OH excluding ortho intramolecular Hbond substituents is 2. The summed E-state index contributed by atoms with van der Waals surface area (Å²) in [6.45, 7) is 6.28. The number of hydrogen-bond donors (Lipinski definition) is 2. The molecule has 2 aliphatic heterocycles. The standard InChI is InChI=1S/C27H29NO4S/c1-18-12-13-28(17-18)14-15-31-23-9-4-19(5-10-23)26-27(20-2-6-21(29)7-3-20)33-25-16-22(30)8-11-24(25)32-26/h2-11,16,18,26-27,29-30H,12-15,17H2,1H3/t18?,26-,27+/m0/s1. The fraction of sp³-hybridized carbons (Fsp3) is 0.333. The van der Waals surface area contributed by atoms with Crippen molar-refractivity contribution in [1.29, 1.82) is 0 Å². The van der Waals surface area contributed by atoms with E-state index in [1.54, 1.807) is 36.0 Å². The zero-order valence-corrected chi connectivity index (χ0v) is 19.5. The minimum absolute atomic E-state index is 0.0242. The van der Waals surface area contributed by atoms with E-state index >= 15 is 0 Å². The van der Waals surface area contributed by atoms with Crippen LogP contribution in [-0.2, 0) is 0 Å². The summed E-state index contributed by atoms with van der Waals surface area (Å²) in [6, 6.07) is 20.6. The van der Waals surface area contributed by atoms with Crippen LogP contribution in [0.2, 0.25) is 0 Å². The molecule has 2 N–H and O–H groups in total. The van der Waals surface area contributed by atoms with Crippen LogP contribution in [0.25, 0.3) is 0 Å². The molecule has 6 heteroatoms. The number of hydrogen-bond acceptors (Lipinski definition) is 6. The molecule has 2 heterocycles. The molecule has 1 saturated heterocycles. The summed E-state index contributed by atoms with van der Waals surface area (Å²) in [6.07, 6.45) is 1.07. The maximum Gasteiger partial charge on any atom is 0.140 e. The van der Waals surface area contributed by atoms with Crippen LogP contribution in [-0.4, -0.2) is 41.4 Å². The number of thioether (sulfide) groups is 1. The van der Waals surface area contributed by atoms with Crippen molar-refractivity contribution >= 4 is 11.8 Å². The molecule has 0 radical (unpaired) electrons. The summed E-state index contributed by atoms with van der Waals surface area (Å²) < 4.78 is 12.4. The molecule has 0 aromatic heterocycles. The van der Waals surface area contributed by atoms with Gasteiger partial charge >= 0.3 is 0 Å². The average Bonchev–Trinajstić information content (AvgIpc) is 3.24. The Balaban J connectivity index is 1.32. The van der Waals surface area contributed by atoms with Gasteiger partial charge in [-0.15, -0.1) is 11.8 Å². The van der Waals surface area contributed by atoms with Crippen LogP contribution in [0, 0.1) is 5.92 Å². The van der Waals surface area contributed by atoms with Crippen molar-refractivity contribution in [2.75, 3.05) is 26.2 Å². The van der Waals surface area contributed by atoms with Gasteiger partial charge in [0.25, 0.3) is 0 Å².